The normalized spacial score (nSPS) is 12.3. The largest absolute Gasteiger partial charge is 0.481 e. The summed E-state index contributed by atoms with van der Waals surface area (Å²) in [6, 6.07) is 7.92. The minimum Gasteiger partial charge on any atom is -0.481 e. The van der Waals surface area contributed by atoms with Crippen LogP contribution in [0.4, 0.5) is 0 Å². The predicted octanol–water partition coefficient (Wildman–Crippen LogP) is 2.22. The van der Waals surface area contributed by atoms with Crippen LogP contribution < -0.4 is 0 Å². The lowest BCUT2D eigenvalue weighted by Crippen LogP contribution is -2.47. The number of rotatable bonds is 6. The molecule has 1 aromatic rings. The highest BCUT2D eigenvalue weighted by molar-refractivity contribution is 5.87. The van der Waals surface area contributed by atoms with Gasteiger partial charge >= 0.3 is 11.9 Å². The third kappa shape index (κ3) is 6.50. The van der Waals surface area contributed by atoms with E-state index in [9.17, 15) is 14.4 Å². The van der Waals surface area contributed by atoms with Crippen LogP contribution in [0, 0.1) is 0 Å². The van der Waals surface area contributed by atoms with E-state index in [4.69, 9.17) is 9.84 Å². The van der Waals surface area contributed by atoms with E-state index in [1.807, 2.05) is 30.3 Å². The van der Waals surface area contributed by atoms with Gasteiger partial charge in [-0.1, -0.05) is 30.3 Å². The monoisotopic (exact) mass is 321 g/mol. The van der Waals surface area contributed by atoms with Crippen molar-refractivity contribution in [1.29, 1.82) is 0 Å². The number of carbonyl (C=O) groups excluding carboxylic acids is 2. The van der Waals surface area contributed by atoms with Crippen molar-refractivity contribution in [2.45, 2.75) is 52.3 Å². The van der Waals surface area contributed by atoms with Crippen molar-refractivity contribution in [3.63, 3.8) is 0 Å². The van der Waals surface area contributed by atoms with Crippen LogP contribution in [0.25, 0.3) is 0 Å². The number of carboxylic acid groups (broad SMARTS) is 1. The van der Waals surface area contributed by atoms with Crippen molar-refractivity contribution in [3.8, 4) is 0 Å². The Morgan fingerprint density at radius 3 is 2.17 bits per heavy atom. The van der Waals surface area contributed by atoms with E-state index in [1.165, 1.54) is 11.8 Å². The standard InChI is InChI=1S/C17H23NO5/c1-12(19)18(11-13-8-6-5-7-9-13)14(10-15(20)21)16(22)23-17(2,3)4/h5-9,14H,10-11H2,1-4H3,(H,20,21). The van der Waals surface area contributed by atoms with Crippen molar-refractivity contribution >= 4 is 17.8 Å². The van der Waals surface area contributed by atoms with E-state index in [0.717, 1.165) is 5.56 Å². The quantitative estimate of drug-likeness (QED) is 0.812. The molecule has 0 aliphatic heterocycles. The first-order chi connectivity index (χ1) is 10.6. The molecule has 0 heterocycles. The first-order valence-electron chi connectivity index (χ1n) is 7.36. The van der Waals surface area contributed by atoms with Crippen LogP contribution in [0.3, 0.4) is 0 Å². The second-order valence-corrected chi connectivity index (χ2v) is 6.28. The number of hydrogen-bond acceptors (Lipinski definition) is 4. The molecule has 0 saturated carbocycles. The first kappa shape index (κ1) is 18.7. The Labute approximate surface area is 136 Å². The van der Waals surface area contributed by atoms with Crippen molar-refractivity contribution in [2.24, 2.45) is 0 Å². The lowest BCUT2D eigenvalue weighted by Gasteiger charge is -2.31. The number of hydrogen-bond donors (Lipinski definition) is 1. The molecule has 0 bridgehead atoms. The fourth-order valence-corrected chi connectivity index (χ4v) is 2.08. The maximum absolute atomic E-state index is 12.4. The topological polar surface area (TPSA) is 83.9 Å². The van der Waals surface area contributed by atoms with Crippen LogP contribution in [0.15, 0.2) is 30.3 Å². The number of esters is 1. The minimum atomic E-state index is -1.17. The molecule has 23 heavy (non-hydrogen) atoms. The van der Waals surface area contributed by atoms with Gasteiger partial charge in [0.05, 0.1) is 6.42 Å². The Morgan fingerprint density at radius 1 is 1.17 bits per heavy atom. The van der Waals surface area contributed by atoms with Crippen molar-refractivity contribution in [2.75, 3.05) is 0 Å². The Hall–Kier alpha value is -2.37. The van der Waals surface area contributed by atoms with Gasteiger partial charge in [0.2, 0.25) is 5.91 Å². The van der Waals surface area contributed by atoms with Gasteiger partial charge in [0.15, 0.2) is 0 Å². The van der Waals surface area contributed by atoms with Gasteiger partial charge in [0.1, 0.15) is 11.6 Å². The molecule has 1 atom stereocenters. The SMILES string of the molecule is CC(=O)N(Cc1ccccc1)C(CC(=O)O)C(=O)OC(C)(C)C. The molecule has 0 spiro atoms. The molecular formula is C17H23NO5. The Bertz CT molecular complexity index is 562. The zero-order valence-electron chi connectivity index (χ0n) is 13.9. The Kier molecular flexibility index (Phi) is 6.30. The third-order valence-electron chi connectivity index (χ3n) is 3.02. The fourth-order valence-electron chi connectivity index (χ4n) is 2.08. The van der Waals surface area contributed by atoms with Gasteiger partial charge in [-0.05, 0) is 26.3 Å². The van der Waals surface area contributed by atoms with E-state index in [2.05, 4.69) is 0 Å². The van der Waals surface area contributed by atoms with Gasteiger partial charge < -0.3 is 14.7 Å². The summed E-state index contributed by atoms with van der Waals surface area (Å²) in [4.78, 5) is 36.7. The molecule has 0 aromatic heterocycles. The molecule has 0 fully saturated rings. The third-order valence-corrected chi connectivity index (χ3v) is 3.02. The molecule has 6 nitrogen and oxygen atoms in total. The van der Waals surface area contributed by atoms with E-state index in [0.29, 0.717) is 0 Å². The van der Waals surface area contributed by atoms with E-state index in [-0.39, 0.29) is 12.5 Å². The summed E-state index contributed by atoms with van der Waals surface area (Å²) in [7, 11) is 0. The molecular weight excluding hydrogens is 298 g/mol. The van der Waals surface area contributed by atoms with Crippen LogP contribution in [0.2, 0.25) is 0 Å². The van der Waals surface area contributed by atoms with Crippen molar-refractivity contribution in [1.82, 2.24) is 4.90 Å². The molecule has 0 radical (unpaired) electrons. The number of amides is 1. The summed E-state index contributed by atoms with van der Waals surface area (Å²) in [5.74, 6) is -2.27. The molecule has 1 amide bonds. The minimum absolute atomic E-state index is 0.146. The van der Waals surface area contributed by atoms with Crippen LogP contribution in [0.5, 0.6) is 0 Å². The fraction of sp³-hybridized carbons (Fsp3) is 0.471. The molecule has 6 heteroatoms. The molecule has 126 valence electrons. The maximum Gasteiger partial charge on any atom is 0.329 e. The smallest absolute Gasteiger partial charge is 0.329 e. The lowest BCUT2D eigenvalue weighted by atomic mass is 10.1. The first-order valence-corrected chi connectivity index (χ1v) is 7.36. The second-order valence-electron chi connectivity index (χ2n) is 6.28. The average molecular weight is 321 g/mol. The molecule has 1 unspecified atom stereocenters. The van der Waals surface area contributed by atoms with Gasteiger partial charge in [-0.2, -0.15) is 0 Å². The highest BCUT2D eigenvalue weighted by Gasteiger charge is 2.33. The summed E-state index contributed by atoms with van der Waals surface area (Å²) in [6.45, 7) is 6.53. The van der Waals surface area contributed by atoms with Crippen LogP contribution in [-0.4, -0.2) is 39.5 Å². The molecule has 0 aliphatic carbocycles. The average Bonchev–Trinajstić information content (AvgIpc) is 2.41. The van der Waals surface area contributed by atoms with Crippen molar-refractivity contribution in [3.05, 3.63) is 35.9 Å². The number of ether oxygens (including phenoxy) is 1. The second kappa shape index (κ2) is 7.76. The summed E-state index contributed by atoms with van der Waals surface area (Å²) < 4.78 is 5.27. The number of benzene rings is 1. The van der Waals surface area contributed by atoms with E-state index in [1.54, 1.807) is 20.8 Å². The molecule has 0 aliphatic rings. The zero-order valence-corrected chi connectivity index (χ0v) is 13.9. The van der Waals surface area contributed by atoms with E-state index < -0.39 is 30.0 Å². The van der Waals surface area contributed by atoms with E-state index >= 15 is 0 Å². The molecule has 1 aromatic carbocycles. The number of carbonyl (C=O) groups is 3. The number of aliphatic carboxylic acids is 1. The highest BCUT2D eigenvalue weighted by atomic mass is 16.6. The van der Waals surface area contributed by atoms with Crippen LogP contribution >= 0.6 is 0 Å². The van der Waals surface area contributed by atoms with Crippen LogP contribution in [0.1, 0.15) is 39.7 Å². The van der Waals surface area contributed by atoms with Gasteiger partial charge in [-0.3, -0.25) is 9.59 Å². The lowest BCUT2D eigenvalue weighted by molar-refractivity contribution is -0.167. The van der Waals surface area contributed by atoms with Crippen LogP contribution in [-0.2, 0) is 25.7 Å². The predicted molar refractivity (Wildman–Crippen MR) is 84.6 cm³/mol. The Morgan fingerprint density at radius 2 is 1.74 bits per heavy atom. The zero-order chi connectivity index (χ0) is 17.6. The molecule has 1 N–H and O–H groups in total. The molecule has 1 rings (SSSR count). The number of nitrogens with zero attached hydrogens (tertiary/aromatic N) is 1. The van der Waals surface area contributed by atoms with Gasteiger partial charge in [-0.25, -0.2) is 4.79 Å². The van der Waals surface area contributed by atoms with Gasteiger partial charge in [0, 0.05) is 13.5 Å². The highest BCUT2D eigenvalue weighted by Crippen LogP contribution is 2.17. The summed E-state index contributed by atoms with van der Waals surface area (Å²) in [5.41, 5.74) is 0.0462. The van der Waals surface area contributed by atoms with Gasteiger partial charge in [0.25, 0.3) is 0 Å². The maximum atomic E-state index is 12.4. The molecule has 0 saturated heterocycles. The summed E-state index contributed by atoms with van der Waals surface area (Å²) in [5, 5.41) is 9.08. The van der Waals surface area contributed by atoms with Gasteiger partial charge in [-0.15, -0.1) is 0 Å². The van der Waals surface area contributed by atoms with Crippen molar-refractivity contribution < 1.29 is 24.2 Å². The summed E-state index contributed by atoms with van der Waals surface area (Å²) >= 11 is 0. The summed E-state index contributed by atoms with van der Waals surface area (Å²) in [6.07, 6.45) is -0.499. The Balaban J connectivity index is 3.05. The number of carboxylic acids is 1.